The molecule has 0 saturated carbocycles. The van der Waals surface area contributed by atoms with Crippen molar-refractivity contribution in [3.05, 3.63) is 0 Å². The summed E-state index contributed by atoms with van der Waals surface area (Å²) < 4.78 is 11.6. The number of Topliss-reactive ketones (excluding diaryl/α,β-unsaturated/α-hetero) is 1. The molecule has 1 spiro atoms. The van der Waals surface area contributed by atoms with Crippen LogP contribution in [0, 0.1) is 0 Å². The van der Waals surface area contributed by atoms with Crippen molar-refractivity contribution in [3.63, 3.8) is 0 Å². The Kier molecular flexibility index (Phi) is 2.75. The van der Waals surface area contributed by atoms with E-state index in [1.807, 2.05) is 11.8 Å². The third-order valence-electron chi connectivity index (χ3n) is 3.20. The van der Waals surface area contributed by atoms with E-state index >= 15 is 0 Å². The smallest absolute Gasteiger partial charge is 0.182 e. The molecule has 0 amide bonds. The van der Waals surface area contributed by atoms with Gasteiger partial charge >= 0.3 is 0 Å². The number of hydrogen-bond donors (Lipinski definition) is 0. The molecule has 0 unspecified atom stereocenters. The second kappa shape index (κ2) is 3.95. The van der Waals surface area contributed by atoms with Crippen molar-refractivity contribution in [2.75, 3.05) is 24.7 Å². The lowest BCUT2D eigenvalue weighted by Gasteiger charge is -2.44. The predicted octanol–water partition coefficient (Wildman–Crippen LogP) is 1.31. The number of ether oxygens (including phenoxy) is 2. The molecule has 15 heavy (non-hydrogen) atoms. The van der Waals surface area contributed by atoms with E-state index in [-0.39, 0.29) is 10.5 Å². The van der Waals surface area contributed by atoms with Crippen LogP contribution in [0.3, 0.4) is 0 Å². The van der Waals surface area contributed by atoms with Gasteiger partial charge in [-0.2, -0.15) is 11.8 Å². The molecule has 84 valence electrons. The van der Waals surface area contributed by atoms with Crippen LogP contribution >= 0.6 is 23.5 Å². The van der Waals surface area contributed by atoms with Crippen molar-refractivity contribution in [2.45, 2.75) is 29.1 Å². The zero-order valence-electron chi connectivity index (χ0n) is 8.44. The van der Waals surface area contributed by atoms with Crippen LogP contribution < -0.4 is 0 Å². The molecule has 3 heterocycles. The summed E-state index contributed by atoms with van der Waals surface area (Å²) in [6.45, 7) is 1.37. The molecule has 0 aromatic carbocycles. The average molecular weight is 246 g/mol. The highest BCUT2D eigenvalue weighted by Gasteiger charge is 2.53. The summed E-state index contributed by atoms with van der Waals surface area (Å²) >= 11 is 3.64. The number of carbonyl (C=O) groups is 1. The number of ketones is 1. The van der Waals surface area contributed by atoms with Gasteiger partial charge < -0.3 is 9.47 Å². The van der Waals surface area contributed by atoms with Crippen LogP contribution in [0.2, 0.25) is 0 Å². The second-order valence-corrected chi connectivity index (χ2v) is 6.56. The highest BCUT2D eigenvalue weighted by molar-refractivity contribution is 8.04. The highest BCUT2D eigenvalue weighted by Crippen LogP contribution is 2.47. The maximum atomic E-state index is 11.8. The van der Waals surface area contributed by atoms with Gasteiger partial charge in [-0.25, -0.2) is 0 Å². The quantitative estimate of drug-likeness (QED) is 0.644. The SMILES string of the molecule is O=C1CCS[C@@H]2[C@@H]1SCCC21OCCO1. The van der Waals surface area contributed by atoms with Crippen molar-refractivity contribution in [1.29, 1.82) is 0 Å². The Morgan fingerprint density at radius 3 is 2.80 bits per heavy atom. The Bertz CT molecular complexity index is 276. The molecular formula is C10H14O3S2. The largest absolute Gasteiger partial charge is 0.346 e. The van der Waals surface area contributed by atoms with E-state index in [1.165, 1.54) is 0 Å². The minimum absolute atomic E-state index is 0.107. The van der Waals surface area contributed by atoms with E-state index in [4.69, 9.17) is 9.47 Å². The van der Waals surface area contributed by atoms with Gasteiger partial charge in [0.25, 0.3) is 0 Å². The van der Waals surface area contributed by atoms with Crippen molar-refractivity contribution < 1.29 is 14.3 Å². The summed E-state index contributed by atoms with van der Waals surface area (Å²) in [6, 6.07) is 0. The van der Waals surface area contributed by atoms with Gasteiger partial charge in [0.1, 0.15) is 5.78 Å². The number of carbonyl (C=O) groups excluding carboxylic acids is 1. The molecule has 3 fully saturated rings. The Morgan fingerprint density at radius 2 is 2.00 bits per heavy atom. The van der Waals surface area contributed by atoms with Gasteiger partial charge in [-0.15, -0.1) is 11.8 Å². The third-order valence-corrected chi connectivity index (χ3v) is 6.13. The Hall–Kier alpha value is 0.290. The summed E-state index contributed by atoms with van der Waals surface area (Å²) in [4.78, 5) is 11.8. The second-order valence-electron chi connectivity index (χ2n) is 4.06. The maximum absolute atomic E-state index is 11.8. The molecular weight excluding hydrogens is 232 g/mol. The van der Waals surface area contributed by atoms with Gasteiger partial charge in [0.2, 0.25) is 0 Å². The molecule has 3 saturated heterocycles. The summed E-state index contributed by atoms with van der Waals surface area (Å²) in [5.74, 6) is 1.86. The topological polar surface area (TPSA) is 35.5 Å². The van der Waals surface area contributed by atoms with Crippen LogP contribution in [-0.2, 0) is 14.3 Å². The molecule has 0 N–H and O–H groups in total. The number of thioether (sulfide) groups is 2. The predicted molar refractivity (Wildman–Crippen MR) is 61.4 cm³/mol. The molecule has 0 aliphatic carbocycles. The lowest BCUT2D eigenvalue weighted by Crippen LogP contribution is -2.54. The molecule has 0 aromatic rings. The van der Waals surface area contributed by atoms with Crippen LogP contribution in [0.4, 0.5) is 0 Å². The molecule has 3 aliphatic rings. The average Bonchev–Trinajstić information content (AvgIpc) is 2.70. The van der Waals surface area contributed by atoms with Crippen LogP contribution in [-0.4, -0.2) is 46.8 Å². The third kappa shape index (κ3) is 1.64. The maximum Gasteiger partial charge on any atom is 0.182 e. The van der Waals surface area contributed by atoms with E-state index in [9.17, 15) is 4.79 Å². The molecule has 3 aliphatic heterocycles. The fourth-order valence-corrected chi connectivity index (χ4v) is 5.69. The van der Waals surface area contributed by atoms with Crippen molar-refractivity contribution in [3.8, 4) is 0 Å². The summed E-state index contributed by atoms with van der Waals surface area (Å²) in [5, 5.41) is 0.329. The monoisotopic (exact) mass is 246 g/mol. The van der Waals surface area contributed by atoms with Gasteiger partial charge in [-0.1, -0.05) is 0 Å². The molecule has 0 bridgehead atoms. The van der Waals surface area contributed by atoms with Crippen molar-refractivity contribution >= 4 is 29.3 Å². The molecule has 0 radical (unpaired) electrons. The molecule has 3 nitrogen and oxygen atoms in total. The highest BCUT2D eigenvalue weighted by atomic mass is 32.2. The summed E-state index contributed by atoms with van der Waals surface area (Å²) in [5.41, 5.74) is 0. The summed E-state index contributed by atoms with van der Waals surface area (Å²) in [6.07, 6.45) is 1.65. The van der Waals surface area contributed by atoms with Gasteiger partial charge in [-0.3, -0.25) is 4.79 Å². The standard InChI is InChI=1S/C10H14O3S2/c11-7-1-5-15-9-8(7)14-6-2-10(9)12-3-4-13-10/h8-9H,1-6H2/t8-,9-/m1/s1. The Labute approximate surface area is 97.6 Å². The van der Waals surface area contributed by atoms with Gasteiger partial charge in [0, 0.05) is 18.6 Å². The lowest BCUT2D eigenvalue weighted by atomic mass is 10.0. The van der Waals surface area contributed by atoms with Crippen molar-refractivity contribution in [2.24, 2.45) is 0 Å². The Morgan fingerprint density at radius 1 is 1.20 bits per heavy atom. The number of rotatable bonds is 0. The summed E-state index contributed by atoms with van der Waals surface area (Å²) in [7, 11) is 0. The van der Waals surface area contributed by atoms with E-state index in [0.717, 1.165) is 24.3 Å². The van der Waals surface area contributed by atoms with Gasteiger partial charge in [-0.05, 0) is 5.75 Å². The minimum Gasteiger partial charge on any atom is -0.346 e. The fourth-order valence-electron chi connectivity index (χ4n) is 2.47. The van der Waals surface area contributed by atoms with Crippen LogP contribution in [0.5, 0.6) is 0 Å². The molecule has 2 atom stereocenters. The number of fused-ring (bicyclic) bond motifs is 2. The zero-order valence-corrected chi connectivity index (χ0v) is 10.1. The van der Waals surface area contributed by atoms with Crippen molar-refractivity contribution in [1.82, 2.24) is 0 Å². The van der Waals surface area contributed by atoms with Gasteiger partial charge in [0.05, 0.1) is 23.7 Å². The van der Waals surface area contributed by atoms with Crippen LogP contribution in [0.1, 0.15) is 12.8 Å². The van der Waals surface area contributed by atoms with E-state index in [1.54, 1.807) is 11.8 Å². The molecule has 3 rings (SSSR count). The van der Waals surface area contributed by atoms with Crippen LogP contribution in [0.25, 0.3) is 0 Å². The first-order chi connectivity index (χ1) is 7.32. The minimum atomic E-state index is -0.434. The van der Waals surface area contributed by atoms with E-state index in [2.05, 4.69) is 0 Å². The van der Waals surface area contributed by atoms with E-state index in [0.29, 0.717) is 19.0 Å². The molecule has 0 aromatic heterocycles. The number of hydrogen-bond acceptors (Lipinski definition) is 5. The first-order valence-electron chi connectivity index (χ1n) is 5.36. The Balaban J connectivity index is 1.87. The van der Waals surface area contributed by atoms with E-state index < -0.39 is 5.79 Å². The van der Waals surface area contributed by atoms with Crippen LogP contribution in [0.15, 0.2) is 0 Å². The molecule has 5 heteroatoms. The fraction of sp³-hybridized carbons (Fsp3) is 0.900. The first-order valence-corrected chi connectivity index (χ1v) is 7.45. The normalized spacial score (nSPS) is 39.3. The zero-order chi connectivity index (χ0) is 10.3. The van der Waals surface area contributed by atoms with Gasteiger partial charge in [0.15, 0.2) is 5.79 Å². The lowest BCUT2D eigenvalue weighted by molar-refractivity contribution is -0.162. The first kappa shape index (κ1) is 10.4.